The van der Waals surface area contributed by atoms with Crippen LogP contribution in [0.4, 0.5) is 0 Å². The van der Waals surface area contributed by atoms with Crippen molar-refractivity contribution < 1.29 is 19.1 Å². The quantitative estimate of drug-likeness (QED) is 0.851. The Balaban J connectivity index is 2.84. The number of esters is 2. The Labute approximate surface area is 110 Å². The number of thiophene rings is 1. The standard InChI is InChI=1S/C12H17NO4S/c1-7(14)16-11-8(5-6-18-11)9(13)10(15)17-12(2,3)4/h5-6,9H,13H2,1-4H3. The molecule has 6 heteroatoms. The molecule has 0 radical (unpaired) electrons. The molecule has 5 nitrogen and oxygen atoms in total. The molecule has 2 N–H and O–H groups in total. The van der Waals surface area contributed by atoms with Crippen molar-refractivity contribution in [2.75, 3.05) is 0 Å². The van der Waals surface area contributed by atoms with E-state index in [9.17, 15) is 9.59 Å². The van der Waals surface area contributed by atoms with Gasteiger partial charge in [0.2, 0.25) is 0 Å². The van der Waals surface area contributed by atoms with Crippen molar-refractivity contribution in [1.82, 2.24) is 0 Å². The summed E-state index contributed by atoms with van der Waals surface area (Å²) in [5.74, 6) is -0.996. The predicted octanol–water partition coefficient (Wildman–Crippen LogP) is 2.01. The van der Waals surface area contributed by atoms with Gasteiger partial charge in [-0.3, -0.25) is 4.79 Å². The molecule has 0 bridgehead atoms. The van der Waals surface area contributed by atoms with Crippen LogP contribution in [0.1, 0.15) is 39.3 Å². The maximum atomic E-state index is 11.8. The monoisotopic (exact) mass is 271 g/mol. The number of rotatable bonds is 3. The third-order valence-corrected chi connectivity index (χ3v) is 2.70. The largest absolute Gasteiger partial charge is 0.459 e. The van der Waals surface area contributed by atoms with Crippen LogP contribution in [-0.2, 0) is 14.3 Å². The van der Waals surface area contributed by atoms with Crippen molar-refractivity contribution in [1.29, 1.82) is 0 Å². The van der Waals surface area contributed by atoms with Crippen LogP contribution in [0.5, 0.6) is 5.06 Å². The normalized spacial score (nSPS) is 12.9. The van der Waals surface area contributed by atoms with Gasteiger partial charge in [-0.25, -0.2) is 4.79 Å². The predicted molar refractivity (Wildman–Crippen MR) is 68.4 cm³/mol. The average molecular weight is 271 g/mol. The first-order valence-electron chi connectivity index (χ1n) is 5.45. The number of carbonyl (C=O) groups excluding carboxylic acids is 2. The fourth-order valence-electron chi connectivity index (χ4n) is 1.24. The summed E-state index contributed by atoms with van der Waals surface area (Å²) in [6.45, 7) is 6.58. The van der Waals surface area contributed by atoms with Gasteiger partial charge in [0, 0.05) is 12.5 Å². The first kappa shape index (κ1) is 14.7. The smallest absolute Gasteiger partial charge is 0.328 e. The van der Waals surface area contributed by atoms with Crippen LogP contribution in [0.2, 0.25) is 0 Å². The first-order valence-corrected chi connectivity index (χ1v) is 6.33. The Kier molecular flexibility index (Phi) is 4.48. The van der Waals surface area contributed by atoms with Gasteiger partial charge < -0.3 is 15.2 Å². The summed E-state index contributed by atoms with van der Waals surface area (Å²) in [5, 5.41) is 2.04. The highest BCUT2D eigenvalue weighted by Crippen LogP contribution is 2.31. The van der Waals surface area contributed by atoms with Gasteiger partial charge in [0.25, 0.3) is 0 Å². The fraction of sp³-hybridized carbons (Fsp3) is 0.500. The number of ether oxygens (including phenoxy) is 2. The highest BCUT2D eigenvalue weighted by atomic mass is 32.1. The molecule has 1 heterocycles. The third-order valence-electron chi connectivity index (χ3n) is 1.89. The lowest BCUT2D eigenvalue weighted by Crippen LogP contribution is -2.31. The molecule has 0 aliphatic carbocycles. The molecule has 1 aromatic rings. The highest BCUT2D eigenvalue weighted by molar-refractivity contribution is 7.12. The van der Waals surface area contributed by atoms with Crippen molar-refractivity contribution in [3.8, 4) is 5.06 Å². The Morgan fingerprint density at radius 2 is 2.00 bits per heavy atom. The Hall–Kier alpha value is -1.40. The van der Waals surface area contributed by atoms with Crippen LogP contribution in [0, 0.1) is 0 Å². The van der Waals surface area contributed by atoms with Gasteiger partial charge in [0.15, 0.2) is 5.06 Å². The summed E-state index contributed by atoms with van der Waals surface area (Å²) in [5.41, 5.74) is 5.67. The lowest BCUT2D eigenvalue weighted by molar-refractivity contribution is -0.156. The average Bonchev–Trinajstić information content (AvgIpc) is 2.60. The molecule has 0 fully saturated rings. The number of hydrogen-bond acceptors (Lipinski definition) is 6. The van der Waals surface area contributed by atoms with Gasteiger partial charge >= 0.3 is 11.9 Å². The van der Waals surface area contributed by atoms with Crippen LogP contribution >= 0.6 is 11.3 Å². The van der Waals surface area contributed by atoms with Crippen molar-refractivity contribution in [2.45, 2.75) is 39.3 Å². The van der Waals surface area contributed by atoms with Crippen molar-refractivity contribution in [3.63, 3.8) is 0 Å². The third kappa shape index (κ3) is 4.12. The van der Waals surface area contributed by atoms with E-state index in [0.29, 0.717) is 10.6 Å². The zero-order chi connectivity index (χ0) is 13.9. The number of hydrogen-bond donors (Lipinski definition) is 1. The van der Waals surface area contributed by atoms with Gasteiger partial charge in [-0.15, -0.1) is 11.3 Å². The SMILES string of the molecule is CC(=O)Oc1sccc1C(N)C(=O)OC(C)(C)C. The topological polar surface area (TPSA) is 78.6 Å². The van der Waals surface area contributed by atoms with E-state index in [0.717, 1.165) is 0 Å². The zero-order valence-corrected chi connectivity index (χ0v) is 11.7. The minimum atomic E-state index is -0.954. The number of nitrogens with two attached hydrogens (primary N) is 1. The first-order chi connectivity index (χ1) is 8.20. The van der Waals surface area contributed by atoms with E-state index in [1.54, 1.807) is 32.2 Å². The Morgan fingerprint density at radius 1 is 1.39 bits per heavy atom. The van der Waals surface area contributed by atoms with Crippen molar-refractivity contribution in [3.05, 3.63) is 17.0 Å². The summed E-state index contributed by atoms with van der Waals surface area (Å²) < 4.78 is 10.2. The van der Waals surface area contributed by atoms with E-state index in [-0.39, 0.29) is 0 Å². The van der Waals surface area contributed by atoms with Crippen LogP contribution in [0.25, 0.3) is 0 Å². The molecular formula is C12H17NO4S. The molecule has 1 rings (SSSR count). The van der Waals surface area contributed by atoms with E-state index < -0.39 is 23.6 Å². The molecule has 100 valence electrons. The second-order valence-corrected chi connectivity index (χ2v) is 5.65. The van der Waals surface area contributed by atoms with Gasteiger partial charge in [-0.2, -0.15) is 0 Å². The second kappa shape index (κ2) is 5.49. The maximum absolute atomic E-state index is 11.8. The lowest BCUT2D eigenvalue weighted by atomic mass is 10.1. The lowest BCUT2D eigenvalue weighted by Gasteiger charge is -2.22. The molecular weight excluding hydrogens is 254 g/mol. The Bertz CT molecular complexity index is 447. The molecule has 0 saturated heterocycles. The molecule has 0 aromatic carbocycles. The molecule has 1 aromatic heterocycles. The summed E-state index contributed by atoms with van der Waals surface area (Å²) >= 11 is 1.21. The molecule has 0 aliphatic rings. The second-order valence-electron chi connectivity index (χ2n) is 4.77. The zero-order valence-electron chi connectivity index (χ0n) is 10.9. The van der Waals surface area contributed by atoms with Crippen molar-refractivity contribution >= 4 is 23.3 Å². The highest BCUT2D eigenvalue weighted by Gasteiger charge is 2.26. The van der Waals surface area contributed by atoms with Gasteiger partial charge in [-0.05, 0) is 32.2 Å². The van der Waals surface area contributed by atoms with E-state index >= 15 is 0 Å². The van der Waals surface area contributed by atoms with Gasteiger partial charge in [0.05, 0.1) is 0 Å². The van der Waals surface area contributed by atoms with Gasteiger partial charge in [-0.1, -0.05) is 0 Å². The molecule has 1 unspecified atom stereocenters. The Morgan fingerprint density at radius 3 is 2.50 bits per heavy atom. The van der Waals surface area contributed by atoms with Crippen molar-refractivity contribution in [2.24, 2.45) is 5.73 Å². The summed E-state index contributed by atoms with van der Waals surface area (Å²) in [6.07, 6.45) is 0. The molecule has 0 spiro atoms. The molecule has 18 heavy (non-hydrogen) atoms. The van der Waals surface area contributed by atoms with Crippen LogP contribution in [-0.4, -0.2) is 17.5 Å². The van der Waals surface area contributed by atoms with E-state index in [1.165, 1.54) is 18.3 Å². The minimum absolute atomic E-state index is 0.334. The van der Waals surface area contributed by atoms with Crippen LogP contribution < -0.4 is 10.5 Å². The maximum Gasteiger partial charge on any atom is 0.328 e. The number of carbonyl (C=O) groups is 2. The van der Waals surface area contributed by atoms with Crippen LogP contribution in [0.15, 0.2) is 11.4 Å². The van der Waals surface area contributed by atoms with E-state index in [1.807, 2.05) is 0 Å². The molecule has 0 amide bonds. The molecule has 0 aliphatic heterocycles. The minimum Gasteiger partial charge on any atom is -0.459 e. The summed E-state index contributed by atoms with van der Waals surface area (Å²) in [7, 11) is 0. The molecule has 1 atom stereocenters. The summed E-state index contributed by atoms with van der Waals surface area (Å²) in [6, 6.07) is 0.696. The van der Waals surface area contributed by atoms with E-state index in [4.69, 9.17) is 15.2 Å². The van der Waals surface area contributed by atoms with Gasteiger partial charge in [0.1, 0.15) is 11.6 Å². The van der Waals surface area contributed by atoms with E-state index in [2.05, 4.69) is 0 Å². The van der Waals surface area contributed by atoms with Crippen LogP contribution in [0.3, 0.4) is 0 Å². The summed E-state index contributed by atoms with van der Waals surface area (Å²) in [4.78, 5) is 22.7. The fourth-order valence-corrected chi connectivity index (χ4v) is 2.08. The molecule has 0 saturated carbocycles.